The van der Waals surface area contributed by atoms with Gasteiger partial charge in [-0.05, 0) is 56.9 Å². The molecule has 0 amide bonds. The number of aryl methyl sites for hydroxylation is 1. The zero-order valence-corrected chi connectivity index (χ0v) is 14.6. The summed E-state index contributed by atoms with van der Waals surface area (Å²) in [5, 5.41) is 4.97. The van der Waals surface area contributed by atoms with Crippen LogP contribution in [0.3, 0.4) is 0 Å². The van der Waals surface area contributed by atoms with Gasteiger partial charge in [0.1, 0.15) is 5.75 Å². The number of hydrogen-bond donors (Lipinski definition) is 0. The predicted molar refractivity (Wildman–Crippen MR) is 85.5 cm³/mol. The lowest BCUT2D eigenvalue weighted by Crippen LogP contribution is -1.98. The first-order valence-corrected chi connectivity index (χ1v) is 8.27. The van der Waals surface area contributed by atoms with Gasteiger partial charge in [-0.3, -0.25) is 0 Å². The second-order valence-corrected chi connectivity index (χ2v) is 6.83. The van der Waals surface area contributed by atoms with E-state index in [1.165, 1.54) is 11.1 Å². The molecule has 2 rings (SSSR count). The number of rotatable bonds is 3. The van der Waals surface area contributed by atoms with Gasteiger partial charge in [0.05, 0.1) is 16.4 Å². The lowest BCUT2D eigenvalue weighted by Gasteiger charge is -2.16. The Balaban J connectivity index is 2.54. The molecule has 0 radical (unpaired) electrons. The second kappa shape index (κ2) is 5.95. The van der Waals surface area contributed by atoms with E-state index in [1.54, 1.807) is 18.4 Å². The summed E-state index contributed by atoms with van der Waals surface area (Å²) < 4.78 is 6.32. The van der Waals surface area contributed by atoms with Gasteiger partial charge < -0.3 is 4.74 Å². The summed E-state index contributed by atoms with van der Waals surface area (Å²) in [6.45, 7) is 2.10. The largest absolute Gasteiger partial charge is 0.495 e. The Morgan fingerprint density at radius 3 is 2.56 bits per heavy atom. The van der Waals surface area contributed by atoms with E-state index < -0.39 is 0 Å². The van der Waals surface area contributed by atoms with E-state index in [9.17, 15) is 0 Å². The molecule has 96 valence electrons. The molecule has 1 atom stereocenters. The van der Waals surface area contributed by atoms with Crippen LogP contribution in [0.2, 0.25) is 5.02 Å². The summed E-state index contributed by atoms with van der Waals surface area (Å²) in [6, 6.07) is 3.77. The minimum Gasteiger partial charge on any atom is -0.495 e. The summed E-state index contributed by atoms with van der Waals surface area (Å²) in [6.07, 6.45) is 0. The molecule has 0 spiro atoms. The molecule has 0 fully saturated rings. The van der Waals surface area contributed by atoms with Crippen LogP contribution in [0, 0.1) is 6.92 Å². The normalized spacial score (nSPS) is 12.5. The lowest BCUT2D eigenvalue weighted by molar-refractivity contribution is 0.408. The molecule has 2 aromatic rings. The van der Waals surface area contributed by atoms with E-state index in [1.807, 2.05) is 12.1 Å². The van der Waals surface area contributed by atoms with Gasteiger partial charge in [-0.15, -0.1) is 0 Å². The molecule has 1 aromatic carbocycles. The number of benzene rings is 1. The average Bonchev–Trinajstić information content (AvgIpc) is 2.73. The summed E-state index contributed by atoms with van der Waals surface area (Å²) in [5.74, 6) is 0.812. The molecule has 1 heterocycles. The zero-order chi connectivity index (χ0) is 13.3. The van der Waals surface area contributed by atoms with Crippen LogP contribution in [0.1, 0.15) is 21.5 Å². The van der Waals surface area contributed by atoms with Gasteiger partial charge in [-0.25, -0.2) is 0 Å². The third-order valence-electron chi connectivity index (χ3n) is 2.68. The van der Waals surface area contributed by atoms with Crippen LogP contribution in [0.4, 0.5) is 0 Å². The predicted octanol–water partition coefficient (Wildman–Crippen LogP) is 5.97. The summed E-state index contributed by atoms with van der Waals surface area (Å²) in [5.41, 5.74) is 3.53. The van der Waals surface area contributed by atoms with Crippen molar-refractivity contribution in [3.05, 3.63) is 49.1 Å². The Morgan fingerprint density at radius 1 is 1.28 bits per heavy atom. The maximum Gasteiger partial charge on any atom is 0.137 e. The molecule has 0 saturated carbocycles. The number of hydrogen-bond acceptors (Lipinski definition) is 2. The van der Waals surface area contributed by atoms with E-state index in [0.29, 0.717) is 5.02 Å². The van der Waals surface area contributed by atoms with Crippen molar-refractivity contribution >= 4 is 54.8 Å². The van der Waals surface area contributed by atoms with Gasteiger partial charge >= 0.3 is 0 Å². The van der Waals surface area contributed by atoms with Crippen molar-refractivity contribution in [3.8, 4) is 5.75 Å². The molecule has 18 heavy (non-hydrogen) atoms. The molecule has 1 nitrogen and oxygen atoms in total. The van der Waals surface area contributed by atoms with Crippen LogP contribution < -0.4 is 4.74 Å². The first kappa shape index (κ1) is 14.4. The van der Waals surface area contributed by atoms with Gasteiger partial charge in [0.25, 0.3) is 0 Å². The van der Waals surface area contributed by atoms with Crippen LogP contribution in [-0.4, -0.2) is 7.11 Å². The maximum absolute atomic E-state index is 6.12. The van der Waals surface area contributed by atoms with E-state index in [-0.39, 0.29) is 4.83 Å². The van der Waals surface area contributed by atoms with Crippen LogP contribution in [0.15, 0.2) is 27.4 Å². The van der Waals surface area contributed by atoms with Crippen molar-refractivity contribution in [2.75, 3.05) is 7.11 Å². The van der Waals surface area contributed by atoms with Crippen molar-refractivity contribution in [1.29, 1.82) is 0 Å². The lowest BCUT2D eigenvalue weighted by atomic mass is 10.0. The molecule has 1 aromatic heterocycles. The topological polar surface area (TPSA) is 9.23 Å². The number of thiophene rings is 1. The standard InChI is InChI=1S/C13H11Br2ClOS/c1-7-5-18-6-10(7)12(15)9-3-8(16)4-11(14)13(9)17-2/h3-6,12H,1-2H3. The first-order valence-electron chi connectivity index (χ1n) is 5.24. The quantitative estimate of drug-likeness (QED) is 0.567. The van der Waals surface area contributed by atoms with Gasteiger partial charge in [-0.1, -0.05) is 27.5 Å². The molecular weight excluding hydrogens is 399 g/mol. The smallest absolute Gasteiger partial charge is 0.137 e. The zero-order valence-electron chi connectivity index (χ0n) is 9.84. The minimum absolute atomic E-state index is 0.0775. The van der Waals surface area contributed by atoms with Crippen LogP contribution in [0.25, 0.3) is 0 Å². The summed E-state index contributed by atoms with van der Waals surface area (Å²) in [4.78, 5) is 0.0775. The maximum atomic E-state index is 6.12. The monoisotopic (exact) mass is 408 g/mol. The van der Waals surface area contributed by atoms with Crippen molar-refractivity contribution in [2.45, 2.75) is 11.8 Å². The van der Waals surface area contributed by atoms with Crippen LogP contribution in [-0.2, 0) is 0 Å². The van der Waals surface area contributed by atoms with Crippen LogP contribution in [0.5, 0.6) is 5.75 Å². The fourth-order valence-corrected chi connectivity index (χ4v) is 4.66. The van der Waals surface area contributed by atoms with Crippen molar-refractivity contribution in [1.82, 2.24) is 0 Å². The minimum atomic E-state index is 0.0775. The third-order valence-corrected chi connectivity index (χ3v) is 5.36. The van der Waals surface area contributed by atoms with Gasteiger partial charge in [0.15, 0.2) is 0 Å². The molecule has 0 aliphatic rings. The second-order valence-electron chi connectivity index (χ2n) is 3.88. The number of alkyl halides is 1. The Bertz CT molecular complexity index is 568. The Labute approximate surface area is 132 Å². The molecule has 0 bridgehead atoms. The molecule has 0 aliphatic heterocycles. The first-order chi connectivity index (χ1) is 8.54. The number of ether oxygens (including phenoxy) is 1. The highest BCUT2D eigenvalue weighted by atomic mass is 79.9. The van der Waals surface area contributed by atoms with Gasteiger partial charge in [0, 0.05) is 10.6 Å². The molecular formula is C13H11Br2ClOS. The number of halogens is 3. The Morgan fingerprint density at radius 2 is 2.00 bits per heavy atom. The Kier molecular flexibility index (Phi) is 4.75. The van der Waals surface area contributed by atoms with Crippen LogP contribution >= 0.6 is 54.8 Å². The van der Waals surface area contributed by atoms with E-state index in [4.69, 9.17) is 16.3 Å². The van der Waals surface area contributed by atoms with Crippen molar-refractivity contribution in [2.24, 2.45) is 0 Å². The molecule has 5 heteroatoms. The molecule has 0 saturated heterocycles. The molecule has 0 aliphatic carbocycles. The highest BCUT2D eigenvalue weighted by Crippen LogP contribution is 2.43. The van der Waals surface area contributed by atoms with Gasteiger partial charge in [-0.2, -0.15) is 11.3 Å². The average molecular weight is 411 g/mol. The molecule has 1 unspecified atom stereocenters. The highest BCUT2D eigenvalue weighted by Gasteiger charge is 2.20. The summed E-state index contributed by atoms with van der Waals surface area (Å²) >= 11 is 15.0. The fraction of sp³-hybridized carbons (Fsp3) is 0.231. The van der Waals surface area contributed by atoms with E-state index >= 15 is 0 Å². The third kappa shape index (κ3) is 2.77. The highest BCUT2D eigenvalue weighted by molar-refractivity contribution is 9.10. The van der Waals surface area contributed by atoms with Crippen molar-refractivity contribution in [3.63, 3.8) is 0 Å². The summed E-state index contributed by atoms with van der Waals surface area (Å²) in [7, 11) is 1.66. The number of methoxy groups -OCH3 is 1. The van der Waals surface area contributed by atoms with Crippen molar-refractivity contribution < 1.29 is 4.74 Å². The Hall–Kier alpha value is -0.0300. The van der Waals surface area contributed by atoms with E-state index in [2.05, 4.69) is 49.5 Å². The fourth-order valence-electron chi connectivity index (χ4n) is 1.78. The SMILES string of the molecule is COc1c(Br)cc(Cl)cc1C(Br)c1cscc1C. The van der Waals surface area contributed by atoms with E-state index in [0.717, 1.165) is 15.8 Å². The van der Waals surface area contributed by atoms with Gasteiger partial charge in [0.2, 0.25) is 0 Å². The molecule has 0 N–H and O–H groups in total.